The van der Waals surface area contributed by atoms with Gasteiger partial charge >= 0.3 is 0 Å². The van der Waals surface area contributed by atoms with E-state index in [0.29, 0.717) is 6.42 Å². The SMILES string of the molecule is CC(N)CC(=O)NC1CCC(=O)NC1=O. The molecule has 1 heterocycles. The molecule has 0 aliphatic carbocycles. The third-order valence-corrected chi connectivity index (χ3v) is 2.08. The summed E-state index contributed by atoms with van der Waals surface area (Å²) in [5.41, 5.74) is 5.44. The molecule has 0 aromatic rings. The Morgan fingerprint density at radius 2 is 2.33 bits per heavy atom. The van der Waals surface area contributed by atoms with Crippen molar-refractivity contribution in [3.05, 3.63) is 0 Å². The lowest BCUT2D eigenvalue weighted by Gasteiger charge is -2.22. The van der Waals surface area contributed by atoms with Crippen LogP contribution >= 0.6 is 0 Å². The first kappa shape index (κ1) is 11.6. The maximum Gasteiger partial charge on any atom is 0.249 e. The lowest BCUT2D eigenvalue weighted by Crippen LogP contribution is -2.52. The summed E-state index contributed by atoms with van der Waals surface area (Å²) >= 11 is 0. The lowest BCUT2D eigenvalue weighted by atomic mass is 10.1. The van der Waals surface area contributed by atoms with E-state index in [0.717, 1.165) is 0 Å². The molecule has 4 N–H and O–H groups in total. The van der Waals surface area contributed by atoms with Crippen molar-refractivity contribution in [3.63, 3.8) is 0 Å². The van der Waals surface area contributed by atoms with Gasteiger partial charge in [-0.25, -0.2) is 0 Å². The second-order valence-corrected chi connectivity index (χ2v) is 3.75. The average Bonchev–Trinajstić information content (AvgIpc) is 2.08. The van der Waals surface area contributed by atoms with Crippen LogP contribution < -0.4 is 16.4 Å². The molecule has 1 fully saturated rings. The Bertz CT molecular complexity index is 288. The molecule has 0 aromatic heterocycles. The third-order valence-electron chi connectivity index (χ3n) is 2.08. The van der Waals surface area contributed by atoms with Gasteiger partial charge in [0.15, 0.2) is 0 Å². The Morgan fingerprint density at radius 1 is 1.67 bits per heavy atom. The second kappa shape index (κ2) is 4.88. The molecule has 1 rings (SSSR count). The van der Waals surface area contributed by atoms with Crippen LogP contribution in [0.15, 0.2) is 0 Å². The third kappa shape index (κ3) is 3.67. The molecule has 2 atom stereocenters. The molecule has 15 heavy (non-hydrogen) atoms. The maximum absolute atomic E-state index is 11.3. The summed E-state index contributed by atoms with van der Waals surface area (Å²) in [6, 6.07) is -0.841. The summed E-state index contributed by atoms with van der Waals surface area (Å²) in [5.74, 6) is -0.999. The van der Waals surface area contributed by atoms with Gasteiger partial charge in [0, 0.05) is 18.9 Å². The Morgan fingerprint density at radius 3 is 2.87 bits per heavy atom. The summed E-state index contributed by atoms with van der Waals surface area (Å²) in [6.45, 7) is 1.71. The quantitative estimate of drug-likeness (QED) is 0.504. The predicted octanol–water partition coefficient (Wildman–Crippen LogP) is -1.35. The molecule has 6 heteroatoms. The molecule has 2 unspecified atom stereocenters. The summed E-state index contributed by atoms with van der Waals surface area (Å²) in [6.07, 6.45) is 0.794. The van der Waals surface area contributed by atoms with Crippen molar-refractivity contribution >= 4 is 17.7 Å². The monoisotopic (exact) mass is 213 g/mol. The average molecular weight is 213 g/mol. The molecule has 6 nitrogen and oxygen atoms in total. The van der Waals surface area contributed by atoms with Gasteiger partial charge in [0.05, 0.1) is 0 Å². The topological polar surface area (TPSA) is 101 Å². The van der Waals surface area contributed by atoms with E-state index < -0.39 is 11.9 Å². The molecule has 3 amide bonds. The van der Waals surface area contributed by atoms with E-state index in [4.69, 9.17) is 5.73 Å². The number of carbonyl (C=O) groups excluding carboxylic acids is 3. The minimum Gasteiger partial charge on any atom is -0.344 e. The number of piperidine rings is 1. The van der Waals surface area contributed by atoms with Crippen molar-refractivity contribution in [2.75, 3.05) is 0 Å². The zero-order valence-corrected chi connectivity index (χ0v) is 8.58. The van der Waals surface area contributed by atoms with Crippen molar-refractivity contribution in [3.8, 4) is 0 Å². The summed E-state index contributed by atoms with van der Waals surface area (Å²) in [5, 5.41) is 4.70. The zero-order valence-electron chi connectivity index (χ0n) is 8.58. The highest BCUT2D eigenvalue weighted by atomic mass is 16.2. The molecule has 0 radical (unpaired) electrons. The van der Waals surface area contributed by atoms with Gasteiger partial charge in [0.1, 0.15) is 6.04 Å². The number of amides is 3. The summed E-state index contributed by atoms with van der Waals surface area (Å²) in [7, 11) is 0. The van der Waals surface area contributed by atoms with Crippen LogP contribution in [-0.2, 0) is 14.4 Å². The second-order valence-electron chi connectivity index (χ2n) is 3.75. The molecule has 1 saturated heterocycles. The summed E-state index contributed by atoms with van der Waals surface area (Å²) < 4.78 is 0. The number of rotatable bonds is 3. The molecule has 84 valence electrons. The molecule has 1 aliphatic rings. The first-order valence-corrected chi connectivity index (χ1v) is 4.87. The Kier molecular flexibility index (Phi) is 3.79. The van der Waals surface area contributed by atoms with Gasteiger partial charge in [-0.1, -0.05) is 0 Å². The van der Waals surface area contributed by atoms with Crippen molar-refractivity contribution in [2.45, 2.75) is 38.3 Å². The molecule has 0 saturated carbocycles. The van der Waals surface area contributed by atoms with Crippen molar-refractivity contribution in [1.82, 2.24) is 10.6 Å². The zero-order chi connectivity index (χ0) is 11.4. The largest absolute Gasteiger partial charge is 0.344 e. The number of nitrogens with one attached hydrogen (secondary N) is 2. The molecule has 0 bridgehead atoms. The van der Waals surface area contributed by atoms with E-state index >= 15 is 0 Å². The van der Waals surface area contributed by atoms with Crippen LogP contribution in [0.4, 0.5) is 0 Å². The van der Waals surface area contributed by atoms with E-state index in [9.17, 15) is 14.4 Å². The van der Waals surface area contributed by atoms with Crippen LogP contribution in [0.2, 0.25) is 0 Å². The highest BCUT2D eigenvalue weighted by molar-refractivity contribution is 6.01. The number of carbonyl (C=O) groups is 3. The first-order chi connectivity index (χ1) is 6.99. The van der Waals surface area contributed by atoms with Gasteiger partial charge in [0.25, 0.3) is 0 Å². The van der Waals surface area contributed by atoms with Crippen molar-refractivity contribution in [2.24, 2.45) is 5.73 Å². The number of hydrogen-bond acceptors (Lipinski definition) is 4. The van der Waals surface area contributed by atoms with Crippen LogP contribution in [0.5, 0.6) is 0 Å². The van der Waals surface area contributed by atoms with Crippen LogP contribution in [0.3, 0.4) is 0 Å². The Balaban J connectivity index is 2.41. The fourth-order valence-electron chi connectivity index (χ4n) is 1.38. The van der Waals surface area contributed by atoms with Gasteiger partial charge in [0.2, 0.25) is 17.7 Å². The summed E-state index contributed by atoms with van der Waals surface area (Å²) in [4.78, 5) is 33.4. The van der Waals surface area contributed by atoms with Crippen LogP contribution in [0.1, 0.15) is 26.2 Å². The van der Waals surface area contributed by atoms with Crippen molar-refractivity contribution in [1.29, 1.82) is 0 Å². The normalized spacial score (nSPS) is 23.2. The first-order valence-electron chi connectivity index (χ1n) is 4.87. The smallest absolute Gasteiger partial charge is 0.249 e. The number of hydrogen-bond donors (Lipinski definition) is 3. The van der Waals surface area contributed by atoms with Crippen LogP contribution in [0.25, 0.3) is 0 Å². The van der Waals surface area contributed by atoms with Gasteiger partial charge in [-0.05, 0) is 13.3 Å². The minimum absolute atomic E-state index is 0.178. The van der Waals surface area contributed by atoms with E-state index in [1.807, 2.05) is 0 Å². The molecule has 1 aliphatic heterocycles. The van der Waals surface area contributed by atoms with E-state index in [1.165, 1.54) is 0 Å². The highest BCUT2D eigenvalue weighted by Crippen LogP contribution is 2.04. The van der Waals surface area contributed by atoms with Gasteiger partial charge in [-0.3, -0.25) is 19.7 Å². The fraction of sp³-hybridized carbons (Fsp3) is 0.667. The number of imide groups is 1. The van der Waals surface area contributed by atoms with Crippen molar-refractivity contribution < 1.29 is 14.4 Å². The minimum atomic E-state index is -0.603. The molecular formula is C9H15N3O3. The lowest BCUT2D eigenvalue weighted by molar-refractivity contribution is -0.137. The van der Waals surface area contributed by atoms with Gasteiger partial charge < -0.3 is 11.1 Å². The molecule has 0 aromatic carbocycles. The number of nitrogens with two attached hydrogens (primary N) is 1. The Hall–Kier alpha value is -1.43. The fourth-order valence-corrected chi connectivity index (χ4v) is 1.38. The molecule has 0 spiro atoms. The van der Waals surface area contributed by atoms with E-state index in [-0.39, 0.29) is 30.7 Å². The standard InChI is InChI=1S/C9H15N3O3/c1-5(10)4-8(14)11-6-2-3-7(13)12-9(6)15/h5-6H,2-4,10H2,1H3,(H,11,14)(H,12,13,15). The van der Waals surface area contributed by atoms with Crippen LogP contribution in [-0.4, -0.2) is 29.8 Å². The van der Waals surface area contributed by atoms with Gasteiger partial charge in [-0.2, -0.15) is 0 Å². The van der Waals surface area contributed by atoms with Gasteiger partial charge in [-0.15, -0.1) is 0 Å². The van der Waals surface area contributed by atoms with E-state index in [2.05, 4.69) is 10.6 Å². The highest BCUT2D eigenvalue weighted by Gasteiger charge is 2.27. The predicted molar refractivity (Wildman–Crippen MR) is 52.6 cm³/mol. The van der Waals surface area contributed by atoms with Crippen LogP contribution in [0, 0.1) is 0 Å². The molecular weight excluding hydrogens is 198 g/mol. The maximum atomic E-state index is 11.3. The van der Waals surface area contributed by atoms with E-state index in [1.54, 1.807) is 6.92 Å². The Labute approximate surface area is 87.6 Å².